The summed E-state index contributed by atoms with van der Waals surface area (Å²) < 4.78 is 3.71. The lowest BCUT2D eigenvalue weighted by atomic mass is 9.80. The predicted octanol–water partition coefficient (Wildman–Crippen LogP) is 5.87. The third-order valence-corrected chi connectivity index (χ3v) is 5.80. The molecule has 2 aromatic carbocycles. The van der Waals surface area contributed by atoms with E-state index in [1.54, 1.807) is 30.3 Å². The Balaban J connectivity index is 0.000000497. The van der Waals surface area contributed by atoms with Crippen LogP contribution in [0.4, 0.5) is 4.79 Å². The highest BCUT2D eigenvalue weighted by Crippen LogP contribution is 2.40. The molecular formula is C24H26Cl3NO6. The number of aliphatic carboxylic acids is 1. The minimum Gasteiger partial charge on any atom is -0.480 e. The second-order valence-electron chi connectivity index (χ2n) is 7.97. The molecule has 7 nitrogen and oxygen atoms in total. The molecule has 184 valence electrons. The van der Waals surface area contributed by atoms with Crippen molar-refractivity contribution in [2.75, 3.05) is 13.1 Å². The SMILES string of the molecule is Cc1ccccc1.O=C(O)N1CCCC(C(=O)O)(C(=O)OC(CC(Cl)(Cl)Cl)c2ccccc2)C1. The van der Waals surface area contributed by atoms with E-state index in [1.807, 2.05) is 18.2 Å². The van der Waals surface area contributed by atoms with Gasteiger partial charge in [0.05, 0.1) is 6.54 Å². The van der Waals surface area contributed by atoms with E-state index < -0.39 is 39.9 Å². The van der Waals surface area contributed by atoms with Gasteiger partial charge in [-0.25, -0.2) is 4.79 Å². The quantitative estimate of drug-likeness (QED) is 0.285. The summed E-state index contributed by atoms with van der Waals surface area (Å²) in [6.45, 7) is 1.74. The number of likely N-dealkylation sites (tertiary alicyclic amines) is 1. The average molecular weight is 531 g/mol. The van der Waals surface area contributed by atoms with Gasteiger partial charge in [0.15, 0.2) is 9.21 Å². The maximum atomic E-state index is 12.8. The fourth-order valence-electron chi connectivity index (χ4n) is 3.53. The van der Waals surface area contributed by atoms with Crippen molar-refractivity contribution in [2.24, 2.45) is 5.41 Å². The zero-order valence-corrected chi connectivity index (χ0v) is 20.8. The van der Waals surface area contributed by atoms with Crippen LogP contribution in [0.25, 0.3) is 0 Å². The van der Waals surface area contributed by atoms with Gasteiger partial charge in [-0.3, -0.25) is 9.59 Å². The molecule has 1 amide bonds. The predicted molar refractivity (Wildman–Crippen MR) is 130 cm³/mol. The van der Waals surface area contributed by atoms with E-state index in [1.165, 1.54) is 5.56 Å². The second kappa shape index (κ2) is 12.3. The number of carboxylic acids is 1. The van der Waals surface area contributed by atoms with E-state index in [0.29, 0.717) is 5.56 Å². The average Bonchev–Trinajstić information content (AvgIpc) is 2.79. The highest BCUT2D eigenvalue weighted by Gasteiger charge is 2.52. The Hall–Kier alpha value is -2.48. The number of aryl methyl sites for hydroxylation is 1. The Morgan fingerprint density at radius 3 is 2.03 bits per heavy atom. The number of carbonyl (C=O) groups excluding carboxylic acids is 1. The lowest BCUT2D eigenvalue weighted by Gasteiger charge is -2.37. The summed E-state index contributed by atoms with van der Waals surface area (Å²) in [6, 6.07) is 18.7. The van der Waals surface area contributed by atoms with Gasteiger partial charge in [-0.2, -0.15) is 0 Å². The third kappa shape index (κ3) is 8.08. The fourth-order valence-corrected chi connectivity index (χ4v) is 3.95. The summed E-state index contributed by atoms with van der Waals surface area (Å²) in [5, 5.41) is 18.9. The van der Waals surface area contributed by atoms with Gasteiger partial charge in [-0.15, -0.1) is 0 Å². The van der Waals surface area contributed by atoms with Crippen LogP contribution in [-0.2, 0) is 14.3 Å². The van der Waals surface area contributed by atoms with Crippen LogP contribution in [0.1, 0.15) is 36.5 Å². The number of benzene rings is 2. The Morgan fingerprint density at radius 1 is 1.03 bits per heavy atom. The number of nitrogens with zero attached hydrogens (tertiary/aromatic N) is 1. The van der Waals surface area contributed by atoms with Gasteiger partial charge in [-0.05, 0) is 25.3 Å². The molecule has 34 heavy (non-hydrogen) atoms. The number of halogens is 3. The number of piperidine rings is 1. The number of carbonyl (C=O) groups is 3. The molecule has 0 radical (unpaired) electrons. The number of hydrogen-bond donors (Lipinski definition) is 2. The number of hydrogen-bond acceptors (Lipinski definition) is 4. The minimum atomic E-state index is -2.00. The van der Waals surface area contributed by atoms with Crippen molar-refractivity contribution in [3.05, 3.63) is 71.8 Å². The summed E-state index contributed by atoms with van der Waals surface area (Å²) in [4.78, 5) is 36.9. The number of amides is 1. The molecule has 0 spiro atoms. The Labute approximate surface area is 213 Å². The first-order chi connectivity index (χ1) is 15.9. The summed E-state index contributed by atoms with van der Waals surface area (Å²) in [7, 11) is 0. The Bertz CT molecular complexity index is 968. The Morgan fingerprint density at radius 2 is 1.59 bits per heavy atom. The van der Waals surface area contributed by atoms with Crippen LogP contribution in [0.5, 0.6) is 0 Å². The summed E-state index contributed by atoms with van der Waals surface area (Å²) in [5.41, 5.74) is -0.150. The molecule has 10 heteroatoms. The molecule has 1 saturated heterocycles. The van der Waals surface area contributed by atoms with Crippen LogP contribution in [0.2, 0.25) is 0 Å². The van der Waals surface area contributed by atoms with Crippen molar-refractivity contribution < 1.29 is 29.3 Å². The topological polar surface area (TPSA) is 104 Å². The zero-order valence-electron chi connectivity index (χ0n) is 18.5. The molecule has 2 unspecified atom stereocenters. The van der Waals surface area contributed by atoms with Crippen LogP contribution >= 0.6 is 34.8 Å². The van der Waals surface area contributed by atoms with Gasteiger partial charge >= 0.3 is 18.0 Å². The number of rotatable bonds is 5. The van der Waals surface area contributed by atoms with Crippen molar-refractivity contribution in [2.45, 2.75) is 36.1 Å². The highest BCUT2D eigenvalue weighted by atomic mass is 35.6. The number of alkyl halides is 3. The highest BCUT2D eigenvalue weighted by molar-refractivity contribution is 6.67. The molecule has 2 atom stereocenters. The summed E-state index contributed by atoms with van der Waals surface area (Å²) in [6.07, 6.45) is -2.31. The molecule has 0 aliphatic carbocycles. The van der Waals surface area contributed by atoms with Gasteiger partial charge in [-0.1, -0.05) is 101 Å². The molecule has 0 saturated carbocycles. The molecule has 1 heterocycles. The molecule has 0 bridgehead atoms. The largest absolute Gasteiger partial charge is 0.480 e. The molecule has 1 aliphatic rings. The van der Waals surface area contributed by atoms with Gasteiger partial charge in [0.2, 0.25) is 0 Å². The first-order valence-electron chi connectivity index (χ1n) is 10.5. The molecule has 2 aromatic rings. The summed E-state index contributed by atoms with van der Waals surface area (Å²) >= 11 is 17.5. The molecule has 1 fully saturated rings. The van der Waals surface area contributed by atoms with Gasteiger partial charge in [0.1, 0.15) is 6.10 Å². The van der Waals surface area contributed by atoms with E-state index in [-0.39, 0.29) is 25.8 Å². The van der Waals surface area contributed by atoms with Crippen molar-refractivity contribution in [1.82, 2.24) is 4.90 Å². The van der Waals surface area contributed by atoms with Crippen LogP contribution in [0.15, 0.2) is 60.7 Å². The first-order valence-corrected chi connectivity index (χ1v) is 11.6. The number of esters is 1. The normalized spacial score (nSPS) is 18.8. The van der Waals surface area contributed by atoms with Crippen LogP contribution in [0, 0.1) is 12.3 Å². The van der Waals surface area contributed by atoms with Crippen LogP contribution in [0.3, 0.4) is 0 Å². The van der Waals surface area contributed by atoms with Gasteiger partial charge in [0, 0.05) is 13.0 Å². The van der Waals surface area contributed by atoms with Crippen LogP contribution < -0.4 is 0 Å². The Kier molecular flexibility index (Phi) is 10.0. The molecule has 1 aliphatic heterocycles. The molecule has 3 rings (SSSR count). The maximum Gasteiger partial charge on any atom is 0.407 e. The lowest BCUT2D eigenvalue weighted by Crippen LogP contribution is -2.54. The monoisotopic (exact) mass is 529 g/mol. The van der Waals surface area contributed by atoms with Crippen molar-refractivity contribution in [3.63, 3.8) is 0 Å². The van der Waals surface area contributed by atoms with Gasteiger partial charge in [0.25, 0.3) is 0 Å². The maximum absolute atomic E-state index is 12.8. The zero-order chi connectivity index (χ0) is 25.4. The fraction of sp³-hybridized carbons (Fsp3) is 0.375. The van der Waals surface area contributed by atoms with Crippen LogP contribution in [-0.4, -0.2) is 50.0 Å². The van der Waals surface area contributed by atoms with E-state index in [2.05, 4.69) is 19.1 Å². The van der Waals surface area contributed by atoms with E-state index >= 15 is 0 Å². The number of ether oxygens (including phenoxy) is 1. The first kappa shape index (κ1) is 27.8. The minimum absolute atomic E-state index is 0.0414. The van der Waals surface area contributed by atoms with E-state index in [4.69, 9.17) is 39.5 Å². The second-order valence-corrected chi connectivity index (χ2v) is 10.5. The summed E-state index contributed by atoms with van der Waals surface area (Å²) in [5.74, 6) is -2.50. The number of carboxylic acid groups (broad SMARTS) is 2. The smallest absolute Gasteiger partial charge is 0.407 e. The molecular weight excluding hydrogens is 505 g/mol. The molecule has 2 N–H and O–H groups in total. The van der Waals surface area contributed by atoms with Crippen molar-refractivity contribution in [1.29, 1.82) is 0 Å². The van der Waals surface area contributed by atoms with E-state index in [9.17, 15) is 24.6 Å². The molecule has 0 aromatic heterocycles. The van der Waals surface area contributed by atoms with Gasteiger partial charge < -0.3 is 19.8 Å². The third-order valence-electron chi connectivity index (χ3n) is 5.34. The lowest BCUT2D eigenvalue weighted by molar-refractivity contribution is -0.176. The van der Waals surface area contributed by atoms with Crippen molar-refractivity contribution in [3.8, 4) is 0 Å². The van der Waals surface area contributed by atoms with E-state index in [0.717, 1.165) is 4.90 Å². The standard InChI is InChI=1S/C17H18Cl3NO6.C7H8/c18-17(19,20)9-12(11-5-2-1-3-6-11)27-14(24)16(13(22)23)7-4-8-21(10-16)15(25)26;1-7-5-3-2-4-6-7/h1-3,5-6,12H,4,7-10H2,(H,22,23)(H,25,26);2-6H,1H3. The van der Waals surface area contributed by atoms with Crippen molar-refractivity contribution >= 4 is 52.8 Å².